The molecule has 1 unspecified atom stereocenters. The largest absolute Gasteiger partial charge is 0.396 e. The van der Waals surface area contributed by atoms with Crippen molar-refractivity contribution in [2.24, 2.45) is 5.92 Å². The molecule has 0 saturated carbocycles. The predicted molar refractivity (Wildman–Crippen MR) is 54.6 cm³/mol. The van der Waals surface area contributed by atoms with E-state index in [9.17, 15) is 0 Å². The zero-order valence-corrected chi connectivity index (χ0v) is 7.83. The van der Waals surface area contributed by atoms with Gasteiger partial charge in [-0.05, 0) is 24.1 Å². The number of hydrogen-bond acceptors (Lipinski definition) is 4. The lowest BCUT2D eigenvalue weighted by Gasteiger charge is -2.25. The number of hydrogen-bond donors (Lipinski definition) is 4. The average Bonchev–Trinajstić information content (AvgIpc) is 2.27. The molecular formula is C10H14N2O2. The third-order valence-corrected chi connectivity index (χ3v) is 2.59. The van der Waals surface area contributed by atoms with Crippen LogP contribution in [0.1, 0.15) is 5.56 Å². The van der Waals surface area contributed by atoms with Crippen LogP contribution in [-0.4, -0.2) is 23.5 Å². The fourth-order valence-corrected chi connectivity index (χ4v) is 1.76. The summed E-state index contributed by atoms with van der Waals surface area (Å²) < 4.78 is 0. The van der Waals surface area contributed by atoms with Crippen molar-refractivity contribution in [1.29, 1.82) is 0 Å². The number of aliphatic hydroxyl groups excluding tert-OH is 1. The van der Waals surface area contributed by atoms with Gasteiger partial charge in [-0.2, -0.15) is 0 Å². The van der Waals surface area contributed by atoms with Gasteiger partial charge in [-0.25, -0.2) is 0 Å². The van der Waals surface area contributed by atoms with Gasteiger partial charge < -0.3 is 10.4 Å². The average molecular weight is 194 g/mol. The fraction of sp³-hybridized carbons (Fsp3) is 0.400. The first-order chi connectivity index (χ1) is 6.83. The molecule has 0 aliphatic carbocycles. The van der Waals surface area contributed by atoms with Crippen LogP contribution < -0.4 is 10.8 Å². The Morgan fingerprint density at radius 3 is 3.07 bits per heavy atom. The van der Waals surface area contributed by atoms with Gasteiger partial charge in [-0.15, -0.1) is 0 Å². The van der Waals surface area contributed by atoms with Crippen molar-refractivity contribution < 1.29 is 10.3 Å². The molecule has 0 spiro atoms. The summed E-state index contributed by atoms with van der Waals surface area (Å²) in [5.74, 6) is 0.301. The van der Waals surface area contributed by atoms with Gasteiger partial charge in [0.1, 0.15) is 0 Å². The van der Waals surface area contributed by atoms with Crippen LogP contribution in [0.15, 0.2) is 18.2 Å². The molecule has 0 amide bonds. The maximum absolute atomic E-state index is 9.03. The van der Waals surface area contributed by atoms with E-state index in [1.54, 1.807) is 0 Å². The zero-order chi connectivity index (χ0) is 9.97. The van der Waals surface area contributed by atoms with Crippen LogP contribution in [-0.2, 0) is 6.42 Å². The molecule has 2 rings (SSSR count). The highest BCUT2D eigenvalue weighted by Crippen LogP contribution is 2.27. The molecule has 1 aliphatic heterocycles. The molecule has 0 fully saturated rings. The van der Waals surface area contributed by atoms with Gasteiger partial charge in [0.15, 0.2) is 0 Å². The first-order valence-corrected chi connectivity index (χ1v) is 4.71. The Balaban J connectivity index is 2.23. The second kappa shape index (κ2) is 3.86. The fourth-order valence-electron chi connectivity index (χ4n) is 1.76. The number of anilines is 2. The second-order valence-corrected chi connectivity index (χ2v) is 3.62. The first kappa shape index (κ1) is 9.30. The number of fused-ring (bicyclic) bond motifs is 1. The van der Waals surface area contributed by atoms with Crippen molar-refractivity contribution in [2.75, 3.05) is 23.9 Å². The Labute approximate surface area is 82.5 Å². The summed E-state index contributed by atoms with van der Waals surface area (Å²) in [7, 11) is 0. The van der Waals surface area contributed by atoms with E-state index in [2.05, 4.69) is 10.8 Å². The number of benzene rings is 1. The lowest BCUT2D eigenvalue weighted by Crippen LogP contribution is -2.25. The topological polar surface area (TPSA) is 64.5 Å². The molecule has 1 atom stereocenters. The normalized spacial score (nSPS) is 19.7. The van der Waals surface area contributed by atoms with Gasteiger partial charge in [0, 0.05) is 24.8 Å². The summed E-state index contributed by atoms with van der Waals surface area (Å²) in [5, 5.41) is 21.0. The van der Waals surface area contributed by atoms with Crippen molar-refractivity contribution in [2.45, 2.75) is 6.42 Å². The van der Waals surface area contributed by atoms with Gasteiger partial charge in [0.2, 0.25) is 0 Å². The standard InChI is InChI=1S/C10H14N2O2/c13-6-7-3-8-1-2-9(12-14)4-10(8)11-5-7/h1-2,4,7,11-14H,3,5-6H2. The van der Waals surface area contributed by atoms with Crippen LogP contribution >= 0.6 is 0 Å². The minimum atomic E-state index is 0.215. The van der Waals surface area contributed by atoms with E-state index in [1.165, 1.54) is 5.56 Å². The van der Waals surface area contributed by atoms with E-state index < -0.39 is 0 Å². The summed E-state index contributed by atoms with van der Waals surface area (Å²) in [6, 6.07) is 5.64. The Morgan fingerprint density at radius 2 is 2.36 bits per heavy atom. The Morgan fingerprint density at radius 1 is 1.50 bits per heavy atom. The van der Waals surface area contributed by atoms with E-state index in [0.29, 0.717) is 11.6 Å². The highest BCUT2D eigenvalue weighted by molar-refractivity contribution is 5.61. The summed E-state index contributed by atoms with van der Waals surface area (Å²) in [5.41, 5.74) is 5.02. The van der Waals surface area contributed by atoms with Gasteiger partial charge in [0.25, 0.3) is 0 Å². The molecule has 4 N–H and O–H groups in total. The SMILES string of the molecule is OCC1CNc2cc(NO)ccc2C1. The van der Waals surface area contributed by atoms with Crippen LogP contribution in [0, 0.1) is 5.92 Å². The second-order valence-electron chi connectivity index (χ2n) is 3.62. The highest BCUT2D eigenvalue weighted by atomic mass is 16.5. The lowest BCUT2D eigenvalue weighted by atomic mass is 9.94. The Kier molecular flexibility index (Phi) is 2.56. The van der Waals surface area contributed by atoms with Crippen LogP contribution in [0.4, 0.5) is 11.4 Å². The van der Waals surface area contributed by atoms with Gasteiger partial charge in [0.05, 0.1) is 5.69 Å². The third kappa shape index (κ3) is 1.66. The summed E-state index contributed by atoms with van der Waals surface area (Å²) in [6.45, 7) is 1.00. The maximum Gasteiger partial charge on any atom is 0.0622 e. The number of rotatable bonds is 2. The quantitative estimate of drug-likeness (QED) is 0.532. The molecule has 4 nitrogen and oxygen atoms in total. The van der Waals surface area contributed by atoms with Gasteiger partial charge in [-0.3, -0.25) is 10.7 Å². The van der Waals surface area contributed by atoms with Gasteiger partial charge in [-0.1, -0.05) is 6.07 Å². The zero-order valence-electron chi connectivity index (χ0n) is 7.83. The molecule has 1 aromatic rings. The maximum atomic E-state index is 9.03. The van der Waals surface area contributed by atoms with Crippen LogP contribution in [0.5, 0.6) is 0 Å². The lowest BCUT2D eigenvalue weighted by molar-refractivity contribution is 0.230. The van der Waals surface area contributed by atoms with Crippen LogP contribution in [0.25, 0.3) is 0 Å². The van der Waals surface area contributed by atoms with Crippen molar-refractivity contribution in [3.63, 3.8) is 0 Å². The van der Waals surface area contributed by atoms with E-state index in [-0.39, 0.29) is 6.61 Å². The summed E-state index contributed by atoms with van der Waals surface area (Å²) in [6.07, 6.45) is 0.893. The molecule has 4 heteroatoms. The molecule has 0 aromatic heterocycles. The molecule has 14 heavy (non-hydrogen) atoms. The number of aliphatic hydroxyl groups is 1. The minimum absolute atomic E-state index is 0.215. The van der Waals surface area contributed by atoms with Crippen LogP contribution in [0.2, 0.25) is 0 Å². The molecular weight excluding hydrogens is 180 g/mol. The molecule has 1 aliphatic rings. The smallest absolute Gasteiger partial charge is 0.0622 e. The van der Waals surface area contributed by atoms with E-state index in [1.807, 2.05) is 18.2 Å². The Bertz CT molecular complexity index is 328. The Hall–Kier alpha value is -1.26. The van der Waals surface area contributed by atoms with Crippen molar-refractivity contribution in [3.05, 3.63) is 23.8 Å². The van der Waals surface area contributed by atoms with E-state index >= 15 is 0 Å². The molecule has 1 heterocycles. The highest BCUT2D eigenvalue weighted by Gasteiger charge is 2.17. The summed E-state index contributed by atoms with van der Waals surface area (Å²) >= 11 is 0. The van der Waals surface area contributed by atoms with E-state index in [0.717, 1.165) is 18.7 Å². The first-order valence-electron chi connectivity index (χ1n) is 4.71. The molecule has 0 radical (unpaired) electrons. The number of nitrogens with one attached hydrogen (secondary N) is 2. The van der Waals surface area contributed by atoms with Crippen molar-refractivity contribution >= 4 is 11.4 Å². The third-order valence-electron chi connectivity index (χ3n) is 2.59. The molecule has 0 saturated heterocycles. The molecule has 76 valence electrons. The van der Waals surface area contributed by atoms with Crippen LogP contribution in [0.3, 0.4) is 0 Å². The molecule has 1 aromatic carbocycles. The predicted octanol–water partition coefficient (Wildman–Crippen LogP) is 1.06. The molecule has 0 bridgehead atoms. The summed E-state index contributed by atoms with van der Waals surface area (Å²) in [4.78, 5) is 0. The monoisotopic (exact) mass is 194 g/mol. The van der Waals surface area contributed by atoms with Crippen molar-refractivity contribution in [1.82, 2.24) is 0 Å². The van der Waals surface area contributed by atoms with Gasteiger partial charge >= 0.3 is 0 Å². The van der Waals surface area contributed by atoms with E-state index in [4.69, 9.17) is 10.3 Å². The van der Waals surface area contributed by atoms with Crippen molar-refractivity contribution in [3.8, 4) is 0 Å². The minimum Gasteiger partial charge on any atom is -0.396 e.